The van der Waals surface area contributed by atoms with E-state index < -0.39 is 5.97 Å². The smallest absolute Gasteiger partial charge is 0.355 e. The van der Waals surface area contributed by atoms with E-state index in [4.69, 9.17) is 4.74 Å². The first-order valence-electron chi connectivity index (χ1n) is 6.05. The number of pyridine rings is 1. The fraction of sp³-hybridized carbons (Fsp3) is 0.286. The Hall–Kier alpha value is -2.30. The van der Waals surface area contributed by atoms with Gasteiger partial charge in [-0.15, -0.1) is 0 Å². The first-order valence-corrected chi connectivity index (χ1v) is 6.05. The van der Waals surface area contributed by atoms with Gasteiger partial charge in [0.25, 0.3) is 5.91 Å². The van der Waals surface area contributed by atoms with E-state index in [1.165, 1.54) is 4.90 Å². The molecule has 5 heteroatoms. The number of hydrogen-bond donors (Lipinski definition) is 0. The van der Waals surface area contributed by atoms with Crippen LogP contribution in [0.15, 0.2) is 30.5 Å². The summed E-state index contributed by atoms with van der Waals surface area (Å²) in [4.78, 5) is 25.5. The van der Waals surface area contributed by atoms with Crippen molar-refractivity contribution in [3.05, 3.63) is 41.7 Å². The van der Waals surface area contributed by atoms with Crippen LogP contribution in [0.5, 0.6) is 0 Å². The number of fused-ring (bicyclic) bond motifs is 1. The topological polar surface area (TPSA) is 51.0 Å². The Morgan fingerprint density at radius 1 is 1.32 bits per heavy atom. The van der Waals surface area contributed by atoms with Crippen LogP contribution in [0.3, 0.4) is 0 Å². The maximum Gasteiger partial charge on any atom is 0.355 e. The fourth-order valence-corrected chi connectivity index (χ4v) is 1.93. The minimum Gasteiger partial charge on any atom is -0.461 e. The Labute approximate surface area is 111 Å². The predicted octanol–water partition coefficient (Wildman–Crippen LogP) is 1.82. The molecule has 0 unspecified atom stereocenters. The highest BCUT2D eigenvalue weighted by atomic mass is 16.5. The van der Waals surface area contributed by atoms with Crippen molar-refractivity contribution >= 4 is 17.4 Å². The highest BCUT2D eigenvalue weighted by Gasteiger charge is 2.20. The summed E-state index contributed by atoms with van der Waals surface area (Å²) < 4.78 is 6.68. The van der Waals surface area contributed by atoms with Crippen LogP contribution < -0.4 is 0 Å². The third kappa shape index (κ3) is 2.31. The van der Waals surface area contributed by atoms with Gasteiger partial charge < -0.3 is 14.0 Å². The first-order chi connectivity index (χ1) is 9.06. The summed E-state index contributed by atoms with van der Waals surface area (Å²) in [7, 11) is 3.36. The molecule has 100 valence electrons. The minimum atomic E-state index is -0.429. The fourth-order valence-electron chi connectivity index (χ4n) is 1.93. The molecule has 2 aromatic heterocycles. The second kappa shape index (κ2) is 5.14. The highest BCUT2D eigenvalue weighted by molar-refractivity contribution is 6.04. The summed E-state index contributed by atoms with van der Waals surface area (Å²) in [5, 5.41) is 0. The van der Waals surface area contributed by atoms with Gasteiger partial charge in [-0.3, -0.25) is 4.79 Å². The number of hydrogen-bond acceptors (Lipinski definition) is 3. The zero-order valence-electron chi connectivity index (χ0n) is 11.2. The lowest BCUT2D eigenvalue weighted by molar-refractivity contribution is 0.0518. The number of carbonyl (C=O) groups is 2. The summed E-state index contributed by atoms with van der Waals surface area (Å²) in [6.45, 7) is 2.05. The van der Waals surface area contributed by atoms with Crippen molar-refractivity contribution in [3.8, 4) is 0 Å². The molecular formula is C14H16N2O3. The van der Waals surface area contributed by atoms with Crippen LogP contribution in [0.2, 0.25) is 0 Å². The van der Waals surface area contributed by atoms with Gasteiger partial charge in [0.05, 0.1) is 17.7 Å². The number of carbonyl (C=O) groups excluding carboxylic acids is 2. The van der Waals surface area contributed by atoms with Gasteiger partial charge in [-0.1, -0.05) is 6.07 Å². The van der Waals surface area contributed by atoms with E-state index in [1.807, 2.05) is 6.07 Å². The lowest BCUT2D eigenvalue weighted by Gasteiger charge is -2.08. The molecule has 0 fully saturated rings. The summed E-state index contributed by atoms with van der Waals surface area (Å²) >= 11 is 0. The van der Waals surface area contributed by atoms with Gasteiger partial charge in [0, 0.05) is 20.3 Å². The Morgan fingerprint density at radius 3 is 2.68 bits per heavy atom. The van der Waals surface area contributed by atoms with Gasteiger partial charge >= 0.3 is 5.97 Å². The van der Waals surface area contributed by atoms with Crippen LogP contribution in [0, 0.1) is 0 Å². The standard InChI is InChI=1S/C14H16N2O3/c1-4-19-14(18)12-9-10(13(17)15(2)3)11-7-5-6-8-16(11)12/h5-9H,4H2,1-3H3. The molecule has 0 radical (unpaired) electrons. The quantitative estimate of drug-likeness (QED) is 0.791. The molecule has 0 saturated carbocycles. The van der Waals surface area contributed by atoms with Crippen LogP contribution in [-0.4, -0.2) is 41.9 Å². The van der Waals surface area contributed by atoms with E-state index in [0.29, 0.717) is 23.4 Å². The van der Waals surface area contributed by atoms with E-state index in [2.05, 4.69) is 0 Å². The molecule has 2 rings (SSSR count). The van der Waals surface area contributed by atoms with E-state index >= 15 is 0 Å². The molecule has 0 aliphatic heterocycles. The Bertz CT molecular complexity index is 629. The summed E-state index contributed by atoms with van der Waals surface area (Å²) in [6.07, 6.45) is 1.74. The monoisotopic (exact) mass is 260 g/mol. The van der Waals surface area contributed by atoms with Crippen molar-refractivity contribution < 1.29 is 14.3 Å². The largest absolute Gasteiger partial charge is 0.461 e. The molecule has 0 saturated heterocycles. The first kappa shape index (κ1) is 13.1. The van der Waals surface area contributed by atoms with Crippen LogP contribution in [0.4, 0.5) is 0 Å². The number of nitrogens with zero attached hydrogens (tertiary/aromatic N) is 2. The zero-order chi connectivity index (χ0) is 14.0. The minimum absolute atomic E-state index is 0.140. The molecule has 2 aromatic rings. The molecule has 0 bridgehead atoms. The number of ether oxygens (including phenoxy) is 1. The van der Waals surface area contributed by atoms with Gasteiger partial charge in [-0.2, -0.15) is 0 Å². The van der Waals surface area contributed by atoms with Gasteiger partial charge in [-0.25, -0.2) is 4.79 Å². The van der Waals surface area contributed by atoms with Crippen molar-refractivity contribution in [1.82, 2.24) is 9.30 Å². The van der Waals surface area contributed by atoms with Gasteiger partial charge in [-0.05, 0) is 25.1 Å². The lowest BCUT2D eigenvalue weighted by Crippen LogP contribution is -2.21. The number of amides is 1. The second-order valence-electron chi connectivity index (χ2n) is 4.32. The average Bonchev–Trinajstić information content (AvgIpc) is 2.77. The molecule has 0 aromatic carbocycles. The predicted molar refractivity (Wildman–Crippen MR) is 71.4 cm³/mol. The van der Waals surface area contributed by atoms with E-state index in [-0.39, 0.29) is 5.91 Å². The van der Waals surface area contributed by atoms with Crippen molar-refractivity contribution in [2.45, 2.75) is 6.92 Å². The third-order valence-electron chi connectivity index (χ3n) is 2.80. The normalized spacial score (nSPS) is 10.5. The van der Waals surface area contributed by atoms with Gasteiger partial charge in [0.15, 0.2) is 0 Å². The molecule has 0 N–H and O–H groups in total. The van der Waals surface area contributed by atoms with E-state index in [9.17, 15) is 9.59 Å². The highest BCUT2D eigenvalue weighted by Crippen LogP contribution is 2.19. The average molecular weight is 260 g/mol. The summed E-state index contributed by atoms with van der Waals surface area (Å²) in [6, 6.07) is 7.02. The van der Waals surface area contributed by atoms with Gasteiger partial charge in [0.2, 0.25) is 0 Å². The van der Waals surface area contributed by atoms with Crippen molar-refractivity contribution in [2.75, 3.05) is 20.7 Å². The zero-order valence-corrected chi connectivity index (χ0v) is 11.2. The van der Waals surface area contributed by atoms with Crippen LogP contribution >= 0.6 is 0 Å². The van der Waals surface area contributed by atoms with E-state index in [0.717, 1.165) is 0 Å². The maximum atomic E-state index is 12.1. The maximum absolute atomic E-state index is 12.1. The van der Waals surface area contributed by atoms with Crippen LogP contribution in [0.1, 0.15) is 27.8 Å². The Morgan fingerprint density at radius 2 is 2.05 bits per heavy atom. The summed E-state index contributed by atoms with van der Waals surface area (Å²) in [5.41, 5.74) is 1.56. The number of aromatic nitrogens is 1. The van der Waals surface area contributed by atoms with Crippen LogP contribution in [0.25, 0.3) is 5.52 Å². The molecule has 0 aliphatic rings. The SMILES string of the molecule is CCOC(=O)c1cc(C(=O)N(C)C)c2ccccn12. The lowest BCUT2D eigenvalue weighted by atomic mass is 10.2. The second-order valence-corrected chi connectivity index (χ2v) is 4.32. The molecule has 0 spiro atoms. The Balaban J connectivity index is 2.61. The van der Waals surface area contributed by atoms with Crippen molar-refractivity contribution in [2.24, 2.45) is 0 Å². The van der Waals surface area contributed by atoms with E-state index in [1.54, 1.807) is 49.8 Å². The molecule has 5 nitrogen and oxygen atoms in total. The molecule has 0 aliphatic carbocycles. The molecular weight excluding hydrogens is 244 g/mol. The van der Waals surface area contributed by atoms with Crippen molar-refractivity contribution in [1.29, 1.82) is 0 Å². The Kier molecular flexibility index (Phi) is 3.55. The van der Waals surface area contributed by atoms with Gasteiger partial charge in [0.1, 0.15) is 5.69 Å². The number of rotatable bonds is 3. The van der Waals surface area contributed by atoms with Crippen molar-refractivity contribution in [3.63, 3.8) is 0 Å². The molecule has 0 atom stereocenters. The van der Waals surface area contributed by atoms with Crippen LogP contribution in [-0.2, 0) is 4.74 Å². The third-order valence-corrected chi connectivity index (χ3v) is 2.80. The number of esters is 1. The molecule has 1 amide bonds. The molecule has 2 heterocycles. The molecule has 19 heavy (non-hydrogen) atoms. The summed E-state index contributed by atoms with van der Waals surface area (Å²) in [5.74, 6) is -0.569.